The quantitative estimate of drug-likeness (QED) is 0.482. The lowest BCUT2D eigenvalue weighted by molar-refractivity contribution is -0.138. The van der Waals surface area contributed by atoms with Crippen molar-refractivity contribution < 1.29 is 13.2 Å². The van der Waals surface area contributed by atoms with E-state index >= 15 is 0 Å². The van der Waals surface area contributed by atoms with Gasteiger partial charge >= 0.3 is 6.18 Å². The maximum atomic E-state index is 13.5. The zero-order chi connectivity index (χ0) is 23.5. The second-order valence-corrected chi connectivity index (χ2v) is 8.29. The third-order valence-corrected chi connectivity index (χ3v) is 6.26. The summed E-state index contributed by atoms with van der Waals surface area (Å²) in [4.78, 5) is 10.7. The molecule has 0 spiro atoms. The molecule has 1 aliphatic heterocycles. The average Bonchev–Trinajstić information content (AvgIpc) is 2.84. The minimum atomic E-state index is -4.44. The highest BCUT2D eigenvalue weighted by atomic mass is 19.4. The smallest absolute Gasteiger partial charge is 0.371 e. The van der Waals surface area contributed by atoms with Crippen molar-refractivity contribution in [2.24, 2.45) is 5.41 Å². The van der Waals surface area contributed by atoms with E-state index in [1.165, 1.54) is 12.1 Å². The minimum absolute atomic E-state index is 0.0780. The van der Waals surface area contributed by atoms with Crippen LogP contribution in [0.15, 0.2) is 73.7 Å². The van der Waals surface area contributed by atoms with Crippen LogP contribution in [0.25, 0.3) is 17.0 Å². The van der Waals surface area contributed by atoms with E-state index < -0.39 is 17.2 Å². The van der Waals surface area contributed by atoms with Crippen molar-refractivity contribution in [1.29, 1.82) is 5.26 Å². The van der Waals surface area contributed by atoms with Crippen molar-refractivity contribution in [2.45, 2.75) is 25.4 Å². The van der Waals surface area contributed by atoms with Crippen LogP contribution in [-0.4, -0.2) is 28.0 Å². The molecule has 1 aromatic carbocycles. The van der Waals surface area contributed by atoms with Gasteiger partial charge in [0.25, 0.3) is 0 Å². The van der Waals surface area contributed by atoms with Gasteiger partial charge in [-0.15, -0.1) is 0 Å². The van der Waals surface area contributed by atoms with Crippen LogP contribution in [0.2, 0.25) is 0 Å². The summed E-state index contributed by atoms with van der Waals surface area (Å²) in [7, 11) is 0. The van der Waals surface area contributed by atoms with Gasteiger partial charge in [0, 0.05) is 48.5 Å². The molecule has 3 heterocycles. The summed E-state index contributed by atoms with van der Waals surface area (Å²) in [5, 5.41) is 9.94. The van der Waals surface area contributed by atoms with Gasteiger partial charge in [0.15, 0.2) is 0 Å². The van der Waals surface area contributed by atoms with Crippen LogP contribution in [0.5, 0.6) is 0 Å². The fourth-order valence-electron chi connectivity index (χ4n) is 4.40. The first-order valence-corrected chi connectivity index (χ1v) is 10.7. The van der Waals surface area contributed by atoms with E-state index in [1.807, 2.05) is 24.3 Å². The first-order chi connectivity index (χ1) is 15.8. The number of likely N-dealkylation sites (tertiary alicyclic amines) is 1. The number of benzene rings is 1. The topological polar surface area (TPSA) is 52.8 Å². The molecule has 0 amide bonds. The van der Waals surface area contributed by atoms with Gasteiger partial charge in [0.1, 0.15) is 0 Å². The lowest BCUT2D eigenvalue weighted by Gasteiger charge is -2.40. The molecule has 0 saturated carbocycles. The second kappa shape index (κ2) is 9.07. The van der Waals surface area contributed by atoms with E-state index in [0.29, 0.717) is 25.9 Å². The SMILES string of the molecule is C=C(c1cccnc1-c1ccncc1)N1CCC(C#N)(Cc2ccccc2C(F)(F)F)CC1. The van der Waals surface area contributed by atoms with Crippen molar-refractivity contribution in [3.63, 3.8) is 0 Å². The molecule has 1 fully saturated rings. The van der Waals surface area contributed by atoms with E-state index in [0.717, 1.165) is 28.6 Å². The maximum absolute atomic E-state index is 13.5. The number of nitrogens with zero attached hydrogens (tertiary/aromatic N) is 4. The molecule has 33 heavy (non-hydrogen) atoms. The molecule has 1 aliphatic rings. The zero-order valence-corrected chi connectivity index (χ0v) is 18.0. The molecule has 0 atom stereocenters. The standard InChI is InChI=1S/C26H23F3N4/c1-19(22-6-4-12-32-24(22)20-8-13-31-14-9-20)33-15-10-25(18-30,11-16-33)17-21-5-2-3-7-23(21)26(27,28)29/h2-9,12-14H,1,10-11,15-17H2. The summed E-state index contributed by atoms with van der Waals surface area (Å²) in [5.74, 6) is 0. The lowest BCUT2D eigenvalue weighted by atomic mass is 9.74. The number of halogens is 3. The molecule has 2 aromatic heterocycles. The van der Waals surface area contributed by atoms with Gasteiger partial charge in [-0.2, -0.15) is 18.4 Å². The van der Waals surface area contributed by atoms with Crippen molar-refractivity contribution >= 4 is 5.70 Å². The van der Waals surface area contributed by atoms with Crippen molar-refractivity contribution in [3.05, 3.63) is 90.4 Å². The number of nitriles is 1. The number of piperidine rings is 1. The molecule has 1 saturated heterocycles. The molecular formula is C26H23F3N4. The molecule has 7 heteroatoms. The van der Waals surface area contributed by atoms with Crippen LogP contribution in [0.1, 0.15) is 29.5 Å². The highest BCUT2D eigenvalue weighted by molar-refractivity contribution is 5.76. The van der Waals surface area contributed by atoms with E-state index in [4.69, 9.17) is 0 Å². The van der Waals surface area contributed by atoms with Crippen LogP contribution in [-0.2, 0) is 12.6 Å². The van der Waals surface area contributed by atoms with E-state index in [2.05, 4.69) is 27.5 Å². The van der Waals surface area contributed by atoms with Crippen LogP contribution < -0.4 is 0 Å². The Labute approximate surface area is 191 Å². The number of aromatic nitrogens is 2. The Morgan fingerprint density at radius 2 is 1.73 bits per heavy atom. The molecule has 0 bridgehead atoms. The molecule has 3 aromatic rings. The second-order valence-electron chi connectivity index (χ2n) is 8.29. The Morgan fingerprint density at radius 3 is 2.39 bits per heavy atom. The molecule has 0 N–H and O–H groups in total. The molecule has 4 rings (SSSR count). The van der Waals surface area contributed by atoms with E-state index in [9.17, 15) is 18.4 Å². The van der Waals surface area contributed by atoms with E-state index in [-0.39, 0.29) is 12.0 Å². The summed E-state index contributed by atoms with van der Waals surface area (Å²) >= 11 is 0. The normalized spacial score (nSPS) is 15.6. The van der Waals surface area contributed by atoms with Gasteiger partial charge in [0.05, 0.1) is 22.7 Å². The Hall–Kier alpha value is -3.66. The number of hydrogen-bond donors (Lipinski definition) is 0. The predicted molar refractivity (Wildman–Crippen MR) is 121 cm³/mol. The average molecular weight is 448 g/mol. The van der Waals surface area contributed by atoms with Crippen molar-refractivity contribution in [1.82, 2.24) is 14.9 Å². The molecule has 0 radical (unpaired) electrons. The molecule has 0 aliphatic carbocycles. The van der Waals surface area contributed by atoms with Gasteiger partial charge < -0.3 is 4.90 Å². The Bertz CT molecular complexity index is 1170. The van der Waals surface area contributed by atoms with Crippen molar-refractivity contribution in [2.75, 3.05) is 13.1 Å². The van der Waals surface area contributed by atoms with Crippen LogP contribution in [0, 0.1) is 16.7 Å². The monoisotopic (exact) mass is 448 g/mol. The van der Waals surface area contributed by atoms with Crippen LogP contribution in [0.3, 0.4) is 0 Å². The minimum Gasteiger partial charge on any atom is -0.371 e. The maximum Gasteiger partial charge on any atom is 0.416 e. The van der Waals surface area contributed by atoms with Gasteiger partial charge in [-0.25, -0.2) is 0 Å². The third kappa shape index (κ3) is 4.75. The van der Waals surface area contributed by atoms with Crippen LogP contribution >= 0.6 is 0 Å². The van der Waals surface area contributed by atoms with E-state index in [1.54, 1.807) is 24.7 Å². The summed E-state index contributed by atoms with van der Waals surface area (Å²) in [6.07, 6.45) is 1.69. The summed E-state index contributed by atoms with van der Waals surface area (Å²) in [6.45, 7) is 5.34. The predicted octanol–water partition coefficient (Wildman–Crippen LogP) is 5.98. The summed E-state index contributed by atoms with van der Waals surface area (Å²) in [6, 6.07) is 15.4. The zero-order valence-electron chi connectivity index (χ0n) is 18.0. The summed E-state index contributed by atoms with van der Waals surface area (Å²) < 4.78 is 40.4. The fourth-order valence-corrected chi connectivity index (χ4v) is 4.40. The molecule has 0 unspecified atom stereocenters. The third-order valence-electron chi connectivity index (χ3n) is 6.26. The molecule has 4 nitrogen and oxygen atoms in total. The summed E-state index contributed by atoms with van der Waals surface area (Å²) in [5.41, 5.74) is 2.05. The number of rotatable bonds is 5. The number of alkyl halides is 3. The van der Waals surface area contributed by atoms with Gasteiger partial charge in [-0.1, -0.05) is 24.8 Å². The Kier molecular flexibility index (Phi) is 6.19. The van der Waals surface area contributed by atoms with Crippen molar-refractivity contribution in [3.8, 4) is 17.3 Å². The van der Waals surface area contributed by atoms with Gasteiger partial charge in [-0.05, 0) is 55.2 Å². The highest BCUT2D eigenvalue weighted by Gasteiger charge is 2.39. The number of hydrogen-bond acceptors (Lipinski definition) is 4. The highest BCUT2D eigenvalue weighted by Crippen LogP contribution is 2.41. The Balaban J connectivity index is 1.53. The number of pyridine rings is 2. The largest absolute Gasteiger partial charge is 0.416 e. The molecular weight excluding hydrogens is 425 g/mol. The first-order valence-electron chi connectivity index (χ1n) is 10.7. The van der Waals surface area contributed by atoms with Crippen LogP contribution in [0.4, 0.5) is 13.2 Å². The fraction of sp³-hybridized carbons (Fsp3) is 0.269. The van der Waals surface area contributed by atoms with Gasteiger partial charge in [0.2, 0.25) is 0 Å². The Morgan fingerprint density at radius 1 is 1.03 bits per heavy atom. The lowest BCUT2D eigenvalue weighted by Crippen LogP contribution is -2.39. The first kappa shape index (κ1) is 22.5. The van der Waals surface area contributed by atoms with Gasteiger partial charge in [-0.3, -0.25) is 9.97 Å². The molecule has 168 valence electrons.